The lowest BCUT2D eigenvalue weighted by molar-refractivity contribution is 0.0955. The number of halogens is 2. The number of nitrogens with zero attached hydrogens (tertiary/aromatic N) is 1. The van der Waals surface area contributed by atoms with Crippen molar-refractivity contribution in [3.05, 3.63) is 63.2 Å². The normalized spacial score (nSPS) is 10.8. The Morgan fingerprint density at radius 3 is 2.71 bits per heavy atom. The summed E-state index contributed by atoms with van der Waals surface area (Å²) in [6, 6.07) is 9.11. The van der Waals surface area contributed by atoms with Crippen molar-refractivity contribution < 1.29 is 4.79 Å². The van der Waals surface area contributed by atoms with Gasteiger partial charge in [-0.15, -0.1) is 11.3 Å². The number of fused-ring (bicyclic) bond motifs is 1. The van der Waals surface area contributed by atoms with E-state index >= 15 is 0 Å². The molecule has 2 heterocycles. The molecule has 0 fully saturated rings. The van der Waals surface area contributed by atoms with Gasteiger partial charge in [0.25, 0.3) is 5.91 Å². The number of rotatable bonds is 3. The second-order valence-electron chi connectivity index (χ2n) is 4.42. The number of benzene rings is 1. The third kappa shape index (κ3) is 3.02. The van der Waals surface area contributed by atoms with Crippen molar-refractivity contribution in [3.63, 3.8) is 0 Å². The largest absolute Gasteiger partial charge is 0.347 e. The van der Waals surface area contributed by atoms with Gasteiger partial charge in [-0.1, -0.05) is 29.3 Å². The van der Waals surface area contributed by atoms with E-state index in [1.54, 1.807) is 18.5 Å². The molecule has 2 aromatic heterocycles. The predicted octanol–water partition coefficient (Wildman–Crippen LogP) is 4.53. The minimum absolute atomic E-state index is 0.186. The molecule has 0 saturated carbocycles. The molecule has 21 heavy (non-hydrogen) atoms. The third-order valence-corrected chi connectivity index (χ3v) is 4.89. The van der Waals surface area contributed by atoms with Gasteiger partial charge in [-0.05, 0) is 29.8 Å². The number of aromatic nitrogens is 1. The zero-order chi connectivity index (χ0) is 14.8. The Morgan fingerprint density at radius 2 is 1.95 bits per heavy atom. The van der Waals surface area contributed by atoms with Gasteiger partial charge >= 0.3 is 0 Å². The topological polar surface area (TPSA) is 42.0 Å². The van der Waals surface area contributed by atoms with Crippen LogP contribution in [0, 0.1) is 0 Å². The molecule has 106 valence electrons. The third-order valence-electron chi connectivity index (χ3n) is 3.00. The Bertz CT molecular complexity index is 802. The highest BCUT2D eigenvalue weighted by molar-refractivity contribution is 7.21. The monoisotopic (exact) mass is 336 g/mol. The Labute approximate surface area is 135 Å². The molecule has 0 aliphatic heterocycles. The van der Waals surface area contributed by atoms with Gasteiger partial charge in [0.2, 0.25) is 0 Å². The van der Waals surface area contributed by atoms with Gasteiger partial charge in [-0.25, -0.2) is 0 Å². The molecular weight excluding hydrogens is 327 g/mol. The molecule has 6 heteroatoms. The van der Waals surface area contributed by atoms with Gasteiger partial charge in [-0.3, -0.25) is 9.78 Å². The molecule has 1 aromatic carbocycles. The van der Waals surface area contributed by atoms with E-state index < -0.39 is 0 Å². The van der Waals surface area contributed by atoms with E-state index in [0.717, 1.165) is 15.6 Å². The first-order valence-corrected chi connectivity index (χ1v) is 7.77. The van der Waals surface area contributed by atoms with Gasteiger partial charge in [0.1, 0.15) is 4.88 Å². The van der Waals surface area contributed by atoms with Crippen LogP contribution in [0.1, 0.15) is 15.2 Å². The van der Waals surface area contributed by atoms with Gasteiger partial charge in [0.15, 0.2) is 0 Å². The van der Waals surface area contributed by atoms with Crippen LogP contribution in [0.25, 0.3) is 10.1 Å². The fourth-order valence-electron chi connectivity index (χ4n) is 1.95. The molecule has 3 aromatic rings. The van der Waals surface area contributed by atoms with Crippen LogP contribution in [0.5, 0.6) is 0 Å². The van der Waals surface area contributed by atoms with Gasteiger partial charge in [-0.2, -0.15) is 0 Å². The number of pyridine rings is 1. The summed E-state index contributed by atoms with van der Waals surface area (Å²) in [7, 11) is 0. The lowest BCUT2D eigenvalue weighted by atomic mass is 10.2. The molecule has 0 aliphatic rings. The summed E-state index contributed by atoms with van der Waals surface area (Å²) in [5, 5.41) is 4.81. The van der Waals surface area contributed by atoms with Crippen molar-refractivity contribution >= 4 is 50.5 Å². The molecule has 3 rings (SSSR count). The van der Waals surface area contributed by atoms with Crippen molar-refractivity contribution in [2.75, 3.05) is 0 Å². The molecule has 0 bridgehead atoms. The van der Waals surface area contributed by atoms with Crippen LogP contribution >= 0.6 is 34.5 Å². The van der Waals surface area contributed by atoms with Crippen LogP contribution in [-0.2, 0) is 6.54 Å². The quantitative estimate of drug-likeness (QED) is 0.763. The fourth-order valence-corrected chi connectivity index (χ4v) is 3.66. The molecule has 0 radical (unpaired) electrons. The molecule has 3 nitrogen and oxygen atoms in total. The van der Waals surface area contributed by atoms with Crippen molar-refractivity contribution in [2.45, 2.75) is 6.54 Å². The van der Waals surface area contributed by atoms with Crippen LogP contribution in [0.3, 0.4) is 0 Å². The Morgan fingerprint density at radius 1 is 1.19 bits per heavy atom. The van der Waals surface area contributed by atoms with Gasteiger partial charge < -0.3 is 5.32 Å². The number of thiophene rings is 1. The molecule has 0 saturated heterocycles. The number of amides is 1. The van der Waals surface area contributed by atoms with E-state index in [2.05, 4.69) is 10.3 Å². The maximum absolute atomic E-state index is 12.3. The van der Waals surface area contributed by atoms with Crippen molar-refractivity contribution in [2.24, 2.45) is 0 Å². The molecule has 0 aliphatic carbocycles. The highest BCUT2D eigenvalue weighted by atomic mass is 35.5. The van der Waals surface area contributed by atoms with Crippen LogP contribution in [0.15, 0.2) is 42.7 Å². The Hall–Kier alpha value is -1.62. The summed E-state index contributed by atoms with van der Waals surface area (Å²) in [5.41, 5.74) is 0.985. The highest BCUT2D eigenvalue weighted by Crippen LogP contribution is 2.36. The SMILES string of the molecule is O=C(NCc1ccncc1)c1sc2cc(Cl)ccc2c1Cl. The lowest BCUT2D eigenvalue weighted by Crippen LogP contribution is -2.22. The highest BCUT2D eigenvalue weighted by Gasteiger charge is 2.17. The van der Waals surface area contributed by atoms with Crippen molar-refractivity contribution in [1.29, 1.82) is 0 Å². The summed E-state index contributed by atoms with van der Waals surface area (Å²) < 4.78 is 0.904. The average Bonchev–Trinajstić information content (AvgIpc) is 2.82. The maximum atomic E-state index is 12.3. The van der Waals surface area contributed by atoms with Crippen LogP contribution < -0.4 is 5.32 Å². The fraction of sp³-hybridized carbons (Fsp3) is 0.0667. The average molecular weight is 337 g/mol. The lowest BCUT2D eigenvalue weighted by Gasteiger charge is -2.03. The number of carbonyl (C=O) groups is 1. The first-order valence-electron chi connectivity index (χ1n) is 6.20. The minimum atomic E-state index is -0.186. The second kappa shape index (κ2) is 6.02. The summed E-state index contributed by atoms with van der Waals surface area (Å²) in [5.74, 6) is -0.186. The first-order chi connectivity index (χ1) is 10.1. The summed E-state index contributed by atoms with van der Waals surface area (Å²) in [6.45, 7) is 0.437. The van der Waals surface area contributed by atoms with E-state index in [0.29, 0.717) is 21.5 Å². The van der Waals surface area contributed by atoms with Crippen LogP contribution in [0.2, 0.25) is 10.0 Å². The van der Waals surface area contributed by atoms with E-state index in [4.69, 9.17) is 23.2 Å². The van der Waals surface area contributed by atoms with E-state index in [9.17, 15) is 4.79 Å². The smallest absolute Gasteiger partial charge is 0.263 e. The van der Waals surface area contributed by atoms with E-state index in [-0.39, 0.29) is 5.91 Å². The molecule has 1 N–H and O–H groups in total. The summed E-state index contributed by atoms with van der Waals surface area (Å²) >= 11 is 13.6. The Kier molecular flexibility index (Phi) is 4.10. The molecule has 1 amide bonds. The minimum Gasteiger partial charge on any atom is -0.347 e. The molecule has 0 atom stereocenters. The number of nitrogens with one attached hydrogen (secondary N) is 1. The maximum Gasteiger partial charge on any atom is 0.263 e. The molecule has 0 unspecified atom stereocenters. The Balaban J connectivity index is 1.83. The summed E-state index contributed by atoms with van der Waals surface area (Å²) in [6.07, 6.45) is 3.38. The summed E-state index contributed by atoms with van der Waals surface area (Å²) in [4.78, 5) is 16.7. The van der Waals surface area contributed by atoms with Crippen LogP contribution in [0.4, 0.5) is 0 Å². The number of hydrogen-bond acceptors (Lipinski definition) is 3. The predicted molar refractivity (Wildman–Crippen MR) is 87.3 cm³/mol. The zero-order valence-electron chi connectivity index (χ0n) is 10.8. The van der Waals surface area contributed by atoms with E-state index in [1.165, 1.54) is 11.3 Å². The number of carbonyl (C=O) groups excluding carboxylic acids is 1. The number of hydrogen-bond donors (Lipinski definition) is 1. The zero-order valence-corrected chi connectivity index (χ0v) is 13.1. The van der Waals surface area contributed by atoms with Crippen LogP contribution in [-0.4, -0.2) is 10.9 Å². The second-order valence-corrected chi connectivity index (χ2v) is 6.29. The van der Waals surface area contributed by atoms with E-state index in [1.807, 2.05) is 24.3 Å². The van der Waals surface area contributed by atoms with Gasteiger partial charge in [0.05, 0.1) is 5.02 Å². The van der Waals surface area contributed by atoms with Crippen molar-refractivity contribution in [3.8, 4) is 0 Å². The van der Waals surface area contributed by atoms with Gasteiger partial charge in [0, 0.05) is 34.0 Å². The van der Waals surface area contributed by atoms with Crippen molar-refractivity contribution in [1.82, 2.24) is 10.3 Å². The standard InChI is InChI=1S/C15H10Cl2N2OS/c16-10-1-2-11-12(7-10)21-14(13(11)17)15(20)19-8-9-3-5-18-6-4-9/h1-7H,8H2,(H,19,20). The molecular formula is C15H10Cl2N2OS. The first kappa shape index (κ1) is 14.3. The molecule has 0 spiro atoms.